The third kappa shape index (κ3) is 2.04. The second-order valence-corrected chi connectivity index (χ2v) is 7.21. The SMILES string of the molecule is CC(C)C1CCN(C2(CN)CCCC2(C)C)C1. The van der Waals surface area contributed by atoms with Crippen molar-refractivity contribution in [2.45, 2.75) is 58.9 Å². The highest BCUT2D eigenvalue weighted by atomic mass is 15.2. The first-order valence-corrected chi connectivity index (χ1v) is 7.38. The Hall–Kier alpha value is -0.0800. The van der Waals surface area contributed by atoms with E-state index >= 15 is 0 Å². The van der Waals surface area contributed by atoms with E-state index in [0.717, 1.165) is 18.4 Å². The van der Waals surface area contributed by atoms with Crippen LogP contribution in [0.4, 0.5) is 0 Å². The second-order valence-electron chi connectivity index (χ2n) is 7.21. The Balaban J connectivity index is 2.15. The number of hydrogen-bond acceptors (Lipinski definition) is 2. The van der Waals surface area contributed by atoms with Gasteiger partial charge in [-0.2, -0.15) is 0 Å². The first-order valence-electron chi connectivity index (χ1n) is 7.38. The van der Waals surface area contributed by atoms with Gasteiger partial charge in [-0.1, -0.05) is 34.1 Å². The third-order valence-electron chi connectivity index (χ3n) is 5.76. The van der Waals surface area contributed by atoms with Crippen molar-refractivity contribution < 1.29 is 0 Å². The summed E-state index contributed by atoms with van der Waals surface area (Å²) in [6.07, 6.45) is 5.37. The quantitative estimate of drug-likeness (QED) is 0.819. The van der Waals surface area contributed by atoms with Crippen LogP contribution in [0.3, 0.4) is 0 Å². The summed E-state index contributed by atoms with van der Waals surface area (Å²) in [5.41, 5.74) is 6.89. The number of hydrogen-bond donors (Lipinski definition) is 1. The van der Waals surface area contributed by atoms with Crippen molar-refractivity contribution in [3.63, 3.8) is 0 Å². The lowest BCUT2D eigenvalue weighted by molar-refractivity contribution is 0.0272. The normalized spacial score (nSPS) is 38.1. The molecule has 2 unspecified atom stereocenters. The molecule has 2 aliphatic rings. The average Bonchev–Trinajstić information content (AvgIpc) is 2.82. The van der Waals surface area contributed by atoms with E-state index in [4.69, 9.17) is 5.73 Å². The maximum atomic E-state index is 6.20. The van der Waals surface area contributed by atoms with E-state index in [1.165, 1.54) is 38.8 Å². The molecule has 1 aliphatic carbocycles. The molecule has 100 valence electrons. The lowest BCUT2D eigenvalue weighted by Crippen LogP contribution is -2.59. The first kappa shape index (κ1) is 13.4. The van der Waals surface area contributed by atoms with Crippen LogP contribution >= 0.6 is 0 Å². The molecule has 0 radical (unpaired) electrons. The van der Waals surface area contributed by atoms with Gasteiger partial charge in [0.15, 0.2) is 0 Å². The molecule has 1 aliphatic heterocycles. The van der Waals surface area contributed by atoms with Crippen LogP contribution in [0.25, 0.3) is 0 Å². The minimum Gasteiger partial charge on any atom is -0.329 e. The Bertz CT molecular complexity index is 272. The minimum atomic E-state index is 0.288. The lowest BCUT2D eigenvalue weighted by Gasteiger charge is -2.48. The zero-order chi connectivity index (χ0) is 12.7. The van der Waals surface area contributed by atoms with E-state index in [1.54, 1.807) is 0 Å². The summed E-state index contributed by atoms with van der Waals surface area (Å²) >= 11 is 0. The summed E-state index contributed by atoms with van der Waals surface area (Å²) in [4.78, 5) is 2.74. The van der Waals surface area contributed by atoms with Crippen LogP contribution in [0.1, 0.15) is 53.4 Å². The standard InChI is InChI=1S/C15H30N2/c1-12(2)13-6-9-17(10-13)15(11-16)8-5-7-14(15,3)4/h12-13H,5-11,16H2,1-4H3. The van der Waals surface area contributed by atoms with Gasteiger partial charge in [0.05, 0.1) is 0 Å². The van der Waals surface area contributed by atoms with Gasteiger partial charge in [0.25, 0.3) is 0 Å². The van der Waals surface area contributed by atoms with E-state index in [1.807, 2.05) is 0 Å². The molecule has 1 saturated heterocycles. The molecule has 2 rings (SSSR count). The fourth-order valence-corrected chi connectivity index (χ4v) is 4.21. The molecule has 2 nitrogen and oxygen atoms in total. The molecular weight excluding hydrogens is 208 g/mol. The van der Waals surface area contributed by atoms with Crippen molar-refractivity contribution in [2.75, 3.05) is 19.6 Å². The fourth-order valence-electron chi connectivity index (χ4n) is 4.21. The van der Waals surface area contributed by atoms with Crippen molar-refractivity contribution in [1.82, 2.24) is 4.90 Å². The fraction of sp³-hybridized carbons (Fsp3) is 1.00. The summed E-state index contributed by atoms with van der Waals surface area (Å²) in [6, 6.07) is 0. The van der Waals surface area contributed by atoms with Gasteiger partial charge in [-0.3, -0.25) is 4.90 Å². The van der Waals surface area contributed by atoms with Gasteiger partial charge in [-0.05, 0) is 43.1 Å². The van der Waals surface area contributed by atoms with Crippen molar-refractivity contribution in [2.24, 2.45) is 23.0 Å². The summed E-state index contributed by atoms with van der Waals surface area (Å²) < 4.78 is 0. The van der Waals surface area contributed by atoms with Gasteiger partial charge in [0, 0.05) is 18.6 Å². The number of nitrogens with zero attached hydrogens (tertiary/aromatic N) is 1. The predicted molar refractivity (Wildman–Crippen MR) is 73.9 cm³/mol. The molecule has 0 spiro atoms. The molecule has 1 heterocycles. The summed E-state index contributed by atoms with van der Waals surface area (Å²) in [5.74, 6) is 1.70. The molecular formula is C15H30N2. The molecule has 2 heteroatoms. The van der Waals surface area contributed by atoms with E-state index in [2.05, 4.69) is 32.6 Å². The third-order valence-corrected chi connectivity index (χ3v) is 5.76. The van der Waals surface area contributed by atoms with E-state index < -0.39 is 0 Å². The molecule has 0 amide bonds. The van der Waals surface area contributed by atoms with Crippen LogP contribution in [-0.4, -0.2) is 30.1 Å². The second kappa shape index (κ2) is 4.55. The van der Waals surface area contributed by atoms with E-state index in [0.29, 0.717) is 5.41 Å². The Morgan fingerprint density at radius 3 is 2.41 bits per heavy atom. The molecule has 2 atom stereocenters. The van der Waals surface area contributed by atoms with Crippen LogP contribution in [0.15, 0.2) is 0 Å². The maximum absolute atomic E-state index is 6.20. The van der Waals surface area contributed by atoms with E-state index in [-0.39, 0.29) is 5.54 Å². The Morgan fingerprint density at radius 1 is 1.29 bits per heavy atom. The summed E-state index contributed by atoms with van der Waals surface area (Å²) in [7, 11) is 0. The number of likely N-dealkylation sites (tertiary alicyclic amines) is 1. The molecule has 17 heavy (non-hydrogen) atoms. The van der Waals surface area contributed by atoms with Gasteiger partial charge in [-0.25, -0.2) is 0 Å². The molecule has 2 N–H and O–H groups in total. The highest BCUT2D eigenvalue weighted by molar-refractivity contribution is 5.08. The van der Waals surface area contributed by atoms with Crippen LogP contribution in [0.5, 0.6) is 0 Å². The van der Waals surface area contributed by atoms with E-state index in [9.17, 15) is 0 Å². The predicted octanol–water partition coefficient (Wildman–Crippen LogP) is 2.87. The topological polar surface area (TPSA) is 29.3 Å². The Labute approximate surface area is 107 Å². The van der Waals surface area contributed by atoms with Crippen LogP contribution in [0.2, 0.25) is 0 Å². The van der Waals surface area contributed by atoms with Crippen LogP contribution < -0.4 is 5.73 Å². The zero-order valence-electron chi connectivity index (χ0n) is 12.1. The van der Waals surface area contributed by atoms with Gasteiger partial charge in [-0.15, -0.1) is 0 Å². The van der Waals surface area contributed by atoms with Gasteiger partial charge in [0.2, 0.25) is 0 Å². The van der Waals surface area contributed by atoms with Gasteiger partial charge in [0.1, 0.15) is 0 Å². The molecule has 1 saturated carbocycles. The highest BCUT2D eigenvalue weighted by Crippen LogP contribution is 2.50. The zero-order valence-corrected chi connectivity index (χ0v) is 12.1. The maximum Gasteiger partial charge on any atom is 0.0382 e. The van der Waals surface area contributed by atoms with Crippen LogP contribution in [0, 0.1) is 17.3 Å². The first-order chi connectivity index (χ1) is 7.93. The average molecular weight is 238 g/mol. The smallest absolute Gasteiger partial charge is 0.0382 e. The van der Waals surface area contributed by atoms with Gasteiger partial charge >= 0.3 is 0 Å². The monoisotopic (exact) mass is 238 g/mol. The molecule has 0 aromatic carbocycles. The highest BCUT2D eigenvalue weighted by Gasteiger charge is 2.52. The van der Waals surface area contributed by atoms with Crippen molar-refractivity contribution in [3.8, 4) is 0 Å². The lowest BCUT2D eigenvalue weighted by atomic mass is 9.73. The molecule has 2 fully saturated rings. The number of rotatable bonds is 3. The van der Waals surface area contributed by atoms with Crippen molar-refractivity contribution in [1.29, 1.82) is 0 Å². The Kier molecular flexibility index (Phi) is 3.57. The summed E-state index contributed by atoms with van der Waals surface area (Å²) in [6.45, 7) is 13.0. The number of nitrogens with two attached hydrogens (primary N) is 1. The van der Waals surface area contributed by atoms with Gasteiger partial charge < -0.3 is 5.73 Å². The van der Waals surface area contributed by atoms with Crippen LogP contribution in [-0.2, 0) is 0 Å². The minimum absolute atomic E-state index is 0.288. The molecule has 0 aromatic rings. The van der Waals surface area contributed by atoms with Crippen molar-refractivity contribution in [3.05, 3.63) is 0 Å². The molecule has 0 bridgehead atoms. The Morgan fingerprint density at radius 2 is 2.00 bits per heavy atom. The molecule has 0 aromatic heterocycles. The summed E-state index contributed by atoms with van der Waals surface area (Å²) in [5, 5.41) is 0. The largest absolute Gasteiger partial charge is 0.329 e. The van der Waals surface area contributed by atoms with Crippen molar-refractivity contribution >= 4 is 0 Å².